The Balaban J connectivity index is 1.81. The van der Waals surface area contributed by atoms with E-state index in [4.69, 9.17) is 0 Å². The minimum atomic E-state index is 1.16. The maximum absolute atomic E-state index is 3.78. The largest absolute Gasteiger partial charge is 0.354 e. The smallest absolute Gasteiger partial charge is 0.0572 e. The Labute approximate surface area is 191 Å². The van der Waals surface area contributed by atoms with Crippen LogP contribution in [0, 0.1) is 6.92 Å². The van der Waals surface area contributed by atoms with Gasteiger partial charge in [0.05, 0.1) is 11.0 Å². The van der Waals surface area contributed by atoms with Crippen molar-refractivity contribution in [1.29, 1.82) is 0 Å². The molecule has 2 nitrogen and oxygen atoms in total. The summed E-state index contributed by atoms with van der Waals surface area (Å²) in [5, 5.41) is 5.08. The highest BCUT2D eigenvalue weighted by Gasteiger charge is 2.23. The number of rotatable bonds is 2. The lowest BCUT2D eigenvalue weighted by Gasteiger charge is -2.13. The van der Waals surface area contributed by atoms with Gasteiger partial charge in [-0.2, -0.15) is 0 Å². The van der Waals surface area contributed by atoms with E-state index in [0.717, 1.165) is 11.0 Å². The number of hydrogen-bond acceptors (Lipinski definition) is 0. The second-order valence-electron chi connectivity index (χ2n) is 8.82. The predicted octanol–water partition coefficient (Wildman–Crippen LogP) is 8.60. The van der Waals surface area contributed by atoms with Crippen LogP contribution >= 0.6 is 0 Å². The summed E-state index contributed by atoms with van der Waals surface area (Å²) in [7, 11) is 0. The van der Waals surface area contributed by atoms with E-state index in [1.165, 1.54) is 60.4 Å². The predicted molar refractivity (Wildman–Crippen MR) is 141 cm³/mol. The van der Waals surface area contributed by atoms with Gasteiger partial charge in [-0.15, -0.1) is 0 Å². The van der Waals surface area contributed by atoms with Gasteiger partial charge in [-0.05, 0) is 30.2 Å². The van der Waals surface area contributed by atoms with Gasteiger partial charge in [0.1, 0.15) is 0 Å². The molecule has 0 unspecified atom stereocenters. The molecular weight excluding hydrogens is 400 g/mol. The van der Waals surface area contributed by atoms with Crippen LogP contribution < -0.4 is 0 Å². The second-order valence-corrected chi connectivity index (χ2v) is 8.82. The lowest BCUT2D eigenvalue weighted by molar-refractivity contribution is 1.47. The fourth-order valence-electron chi connectivity index (χ4n) is 5.33. The summed E-state index contributed by atoms with van der Waals surface area (Å²) in [6.07, 6.45) is 0. The van der Waals surface area contributed by atoms with E-state index in [1.54, 1.807) is 0 Å². The first-order valence-electron chi connectivity index (χ1n) is 11.4. The van der Waals surface area contributed by atoms with Gasteiger partial charge in [0.25, 0.3) is 0 Å². The molecule has 0 aliphatic heterocycles. The van der Waals surface area contributed by atoms with Crippen molar-refractivity contribution in [1.82, 2.24) is 9.97 Å². The molecule has 2 heterocycles. The van der Waals surface area contributed by atoms with E-state index in [-0.39, 0.29) is 0 Å². The van der Waals surface area contributed by atoms with E-state index in [0.29, 0.717) is 0 Å². The fraction of sp³-hybridized carbons (Fsp3) is 0.0323. The standard InChI is InChI=1S/C31H22N2/c1-19-15-17-21(18-16-19)26-28-22-11-5-7-13-24(22)32-30(28)27(20-9-3-2-4-10-20)31-29(26)23-12-6-8-14-25(23)33-31/h2-18,32-33H,1H3. The van der Waals surface area contributed by atoms with Crippen molar-refractivity contribution >= 4 is 43.6 Å². The molecule has 156 valence electrons. The molecule has 0 atom stereocenters. The van der Waals surface area contributed by atoms with Crippen LogP contribution in [0.5, 0.6) is 0 Å². The van der Waals surface area contributed by atoms with Gasteiger partial charge in [-0.1, -0.05) is 96.6 Å². The number of para-hydroxylation sites is 2. The number of aryl methyl sites for hydroxylation is 1. The van der Waals surface area contributed by atoms with Crippen molar-refractivity contribution < 1.29 is 0 Å². The van der Waals surface area contributed by atoms with Crippen LogP contribution in [0.15, 0.2) is 103 Å². The molecule has 5 aromatic carbocycles. The molecule has 0 saturated carbocycles. The number of aromatic nitrogens is 2. The molecule has 2 aromatic heterocycles. The van der Waals surface area contributed by atoms with Crippen LogP contribution in [0.2, 0.25) is 0 Å². The van der Waals surface area contributed by atoms with Gasteiger partial charge in [0.2, 0.25) is 0 Å². The maximum Gasteiger partial charge on any atom is 0.0572 e. The van der Waals surface area contributed by atoms with Crippen molar-refractivity contribution in [3.63, 3.8) is 0 Å². The molecular formula is C31H22N2. The van der Waals surface area contributed by atoms with Crippen molar-refractivity contribution in [2.24, 2.45) is 0 Å². The summed E-state index contributed by atoms with van der Waals surface area (Å²) >= 11 is 0. The Kier molecular flexibility index (Phi) is 3.80. The molecule has 7 rings (SSSR count). The average Bonchev–Trinajstić information content (AvgIpc) is 3.42. The van der Waals surface area contributed by atoms with Gasteiger partial charge < -0.3 is 9.97 Å². The highest BCUT2D eigenvalue weighted by molar-refractivity contribution is 6.32. The molecule has 2 heteroatoms. The molecule has 7 aromatic rings. The summed E-state index contributed by atoms with van der Waals surface area (Å²) in [5.41, 5.74) is 10.9. The Morgan fingerprint density at radius 3 is 1.52 bits per heavy atom. The minimum Gasteiger partial charge on any atom is -0.354 e. The number of aromatic amines is 2. The molecule has 2 N–H and O–H groups in total. The van der Waals surface area contributed by atoms with Crippen LogP contribution in [0.25, 0.3) is 65.9 Å². The number of benzene rings is 5. The van der Waals surface area contributed by atoms with Crippen LogP contribution in [0.3, 0.4) is 0 Å². The lowest BCUT2D eigenvalue weighted by Crippen LogP contribution is -1.89. The Bertz CT molecular complexity index is 1710. The Hall–Kier alpha value is -4.30. The molecule has 33 heavy (non-hydrogen) atoms. The molecule has 0 spiro atoms. The molecule has 0 radical (unpaired) electrons. The molecule has 0 aliphatic rings. The number of hydrogen-bond donors (Lipinski definition) is 2. The summed E-state index contributed by atoms with van der Waals surface area (Å²) in [4.78, 5) is 7.57. The average molecular weight is 423 g/mol. The second kappa shape index (κ2) is 6.85. The zero-order chi connectivity index (χ0) is 21.9. The molecule has 0 fully saturated rings. The SMILES string of the molecule is Cc1ccc(-c2c3c([nH]c4ccccc43)c(-c3ccccc3)c3[nH]c4ccccc4c23)cc1. The topological polar surface area (TPSA) is 31.6 Å². The lowest BCUT2D eigenvalue weighted by atomic mass is 9.89. The highest BCUT2D eigenvalue weighted by atomic mass is 14.7. The van der Waals surface area contributed by atoms with E-state index in [9.17, 15) is 0 Å². The third-order valence-electron chi connectivity index (χ3n) is 6.81. The van der Waals surface area contributed by atoms with Crippen molar-refractivity contribution in [2.45, 2.75) is 6.92 Å². The Morgan fingerprint density at radius 2 is 0.939 bits per heavy atom. The van der Waals surface area contributed by atoms with E-state index in [1.807, 2.05) is 0 Å². The van der Waals surface area contributed by atoms with Gasteiger partial charge in [-0.3, -0.25) is 0 Å². The van der Waals surface area contributed by atoms with Gasteiger partial charge in [0, 0.05) is 43.7 Å². The zero-order valence-electron chi connectivity index (χ0n) is 18.3. The normalized spacial score (nSPS) is 11.8. The molecule has 0 aliphatic carbocycles. The van der Waals surface area contributed by atoms with Gasteiger partial charge >= 0.3 is 0 Å². The van der Waals surface area contributed by atoms with Crippen LogP contribution in [-0.2, 0) is 0 Å². The zero-order valence-corrected chi connectivity index (χ0v) is 18.3. The molecule has 0 amide bonds. The highest BCUT2D eigenvalue weighted by Crippen LogP contribution is 2.48. The quantitative estimate of drug-likeness (QED) is 0.279. The van der Waals surface area contributed by atoms with Crippen LogP contribution in [-0.4, -0.2) is 9.97 Å². The minimum absolute atomic E-state index is 1.16. The maximum atomic E-state index is 3.78. The fourth-order valence-corrected chi connectivity index (χ4v) is 5.33. The Morgan fingerprint density at radius 1 is 0.455 bits per heavy atom. The first kappa shape index (κ1) is 18.3. The summed E-state index contributed by atoms with van der Waals surface area (Å²) in [6, 6.07) is 37.0. The van der Waals surface area contributed by atoms with Crippen molar-refractivity contribution in [3.8, 4) is 22.3 Å². The molecule has 0 bridgehead atoms. The van der Waals surface area contributed by atoms with Crippen molar-refractivity contribution in [3.05, 3.63) is 109 Å². The summed E-state index contributed by atoms with van der Waals surface area (Å²) < 4.78 is 0. The third-order valence-corrected chi connectivity index (χ3v) is 6.81. The molecule has 0 saturated heterocycles. The van der Waals surface area contributed by atoms with E-state index in [2.05, 4.69) is 120 Å². The first-order chi connectivity index (χ1) is 16.3. The number of fused-ring (bicyclic) bond motifs is 6. The first-order valence-corrected chi connectivity index (χ1v) is 11.4. The summed E-state index contributed by atoms with van der Waals surface area (Å²) in [5.74, 6) is 0. The van der Waals surface area contributed by atoms with E-state index < -0.39 is 0 Å². The number of nitrogens with one attached hydrogen (secondary N) is 2. The van der Waals surface area contributed by atoms with Gasteiger partial charge in [0.15, 0.2) is 0 Å². The summed E-state index contributed by atoms with van der Waals surface area (Å²) in [6.45, 7) is 2.14. The van der Waals surface area contributed by atoms with Crippen molar-refractivity contribution in [2.75, 3.05) is 0 Å². The third kappa shape index (κ3) is 2.61. The van der Waals surface area contributed by atoms with Crippen LogP contribution in [0.4, 0.5) is 0 Å². The van der Waals surface area contributed by atoms with E-state index >= 15 is 0 Å². The monoisotopic (exact) mass is 422 g/mol. The number of H-pyrrole nitrogens is 2. The van der Waals surface area contributed by atoms with Gasteiger partial charge in [-0.25, -0.2) is 0 Å². The van der Waals surface area contributed by atoms with Crippen LogP contribution in [0.1, 0.15) is 5.56 Å².